The van der Waals surface area contributed by atoms with Crippen molar-refractivity contribution in [3.63, 3.8) is 0 Å². The maximum Gasteiger partial charge on any atom is 0.0713 e. The molecule has 0 heterocycles. The minimum atomic E-state index is 0.132. The van der Waals surface area contributed by atoms with Gasteiger partial charge >= 0.3 is 0 Å². The average Bonchev–Trinajstić information content (AvgIpc) is 2.35. The minimum absolute atomic E-state index is 0.132. The highest BCUT2D eigenvalue weighted by atomic mass is 16.5. The van der Waals surface area contributed by atoms with E-state index in [2.05, 4.69) is 43.4 Å². The molecule has 0 aliphatic heterocycles. The fraction of sp³-hybridized carbons (Fsp3) is 0.533. The normalized spacial score (nSPS) is 11.0. The summed E-state index contributed by atoms with van der Waals surface area (Å²) in [4.78, 5) is 0. The van der Waals surface area contributed by atoms with E-state index in [1.165, 1.54) is 0 Å². The van der Waals surface area contributed by atoms with Crippen LogP contribution in [0, 0.1) is 16.7 Å². The van der Waals surface area contributed by atoms with Gasteiger partial charge in [-0.3, -0.25) is 0 Å². The molecule has 0 unspecified atom stereocenters. The average molecular weight is 246 g/mol. The third-order valence-corrected chi connectivity index (χ3v) is 2.92. The molecular weight excluding hydrogens is 224 g/mol. The van der Waals surface area contributed by atoms with E-state index >= 15 is 0 Å². The lowest BCUT2D eigenvalue weighted by atomic mass is 9.88. The highest BCUT2D eigenvalue weighted by molar-refractivity contribution is 5.45. The maximum absolute atomic E-state index is 8.63. The number of ether oxygens (including phenoxy) is 1. The van der Waals surface area contributed by atoms with Crippen LogP contribution in [0.2, 0.25) is 0 Å². The molecule has 1 aromatic rings. The van der Waals surface area contributed by atoms with Crippen molar-refractivity contribution in [2.75, 3.05) is 19.0 Å². The number of anilines is 1. The summed E-state index contributed by atoms with van der Waals surface area (Å²) in [5.74, 6) is 0. The smallest absolute Gasteiger partial charge is 0.0713 e. The first-order valence-corrected chi connectivity index (χ1v) is 6.26. The van der Waals surface area contributed by atoms with E-state index in [1.807, 2.05) is 6.07 Å². The zero-order valence-corrected chi connectivity index (χ0v) is 11.5. The highest BCUT2D eigenvalue weighted by Gasteiger charge is 2.16. The number of benzene rings is 1. The summed E-state index contributed by atoms with van der Waals surface area (Å²) in [6.07, 6.45) is 1.52. The zero-order chi connectivity index (χ0) is 13.4. The van der Waals surface area contributed by atoms with Crippen LogP contribution in [-0.2, 0) is 11.3 Å². The Morgan fingerprint density at radius 3 is 2.83 bits per heavy atom. The zero-order valence-electron chi connectivity index (χ0n) is 11.5. The fourth-order valence-electron chi connectivity index (χ4n) is 1.76. The molecule has 0 saturated heterocycles. The number of methoxy groups -OCH3 is 1. The van der Waals surface area contributed by atoms with Crippen LogP contribution < -0.4 is 5.32 Å². The Labute approximate surface area is 110 Å². The molecule has 18 heavy (non-hydrogen) atoms. The SMILES string of the molecule is COCc1cccc(NCC(C)(C)CCC#N)c1. The molecule has 0 saturated carbocycles. The van der Waals surface area contributed by atoms with Crippen LogP contribution in [0.15, 0.2) is 24.3 Å². The summed E-state index contributed by atoms with van der Waals surface area (Å²) in [6, 6.07) is 10.4. The van der Waals surface area contributed by atoms with Crippen LogP contribution >= 0.6 is 0 Å². The molecular formula is C15H22N2O. The number of hydrogen-bond acceptors (Lipinski definition) is 3. The molecule has 0 amide bonds. The number of nitrogens with zero attached hydrogens (tertiary/aromatic N) is 1. The third-order valence-electron chi connectivity index (χ3n) is 2.92. The Bertz CT molecular complexity index is 407. The summed E-state index contributed by atoms with van der Waals surface area (Å²) < 4.78 is 5.12. The van der Waals surface area contributed by atoms with Gasteiger partial charge in [-0.05, 0) is 29.5 Å². The van der Waals surface area contributed by atoms with Gasteiger partial charge in [-0.1, -0.05) is 26.0 Å². The first-order valence-electron chi connectivity index (χ1n) is 6.26. The molecule has 1 N–H and O–H groups in total. The summed E-state index contributed by atoms with van der Waals surface area (Å²) in [6.45, 7) is 5.85. The van der Waals surface area contributed by atoms with E-state index < -0.39 is 0 Å². The standard InChI is InChI=1S/C15H22N2O/c1-15(2,8-5-9-16)12-17-14-7-4-6-13(10-14)11-18-3/h4,6-7,10,17H,5,8,11-12H2,1-3H3. The van der Waals surface area contributed by atoms with E-state index in [9.17, 15) is 0 Å². The molecule has 0 fully saturated rings. The van der Waals surface area contributed by atoms with Crippen molar-refractivity contribution in [2.24, 2.45) is 5.41 Å². The van der Waals surface area contributed by atoms with E-state index in [-0.39, 0.29) is 5.41 Å². The Balaban J connectivity index is 2.52. The van der Waals surface area contributed by atoms with Crippen molar-refractivity contribution in [3.8, 4) is 6.07 Å². The van der Waals surface area contributed by atoms with Gasteiger partial charge < -0.3 is 10.1 Å². The van der Waals surface area contributed by atoms with Crippen molar-refractivity contribution >= 4 is 5.69 Å². The molecule has 1 aromatic carbocycles. The molecule has 0 radical (unpaired) electrons. The Hall–Kier alpha value is -1.53. The van der Waals surface area contributed by atoms with Crippen molar-refractivity contribution in [1.29, 1.82) is 5.26 Å². The lowest BCUT2D eigenvalue weighted by Crippen LogP contribution is -2.22. The lowest BCUT2D eigenvalue weighted by molar-refractivity contribution is 0.185. The quantitative estimate of drug-likeness (QED) is 0.800. The van der Waals surface area contributed by atoms with E-state index in [4.69, 9.17) is 10.00 Å². The largest absolute Gasteiger partial charge is 0.384 e. The van der Waals surface area contributed by atoms with E-state index in [0.717, 1.165) is 24.2 Å². The van der Waals surface area contributed by atoms with Crippen molar-refractivity contribution < 1.29 is 4.74 Å². The fourth-order valence-corrected chi connectivity index (χ4v) is 1.76. The summed E-state index contributed by atoms with van der Waals surface area (Å²) in [5.41, 5.74) is 2.40. The lowest BCUT2D eigenvalue weighted by Gasteiger charge is -2.24. The third kappa shape index (κ3) is 5.20. The predicted octanol–water partition coefficient (Wildman–Crippen LogP) is 3.57. The van der Waals surface area contributed by atoms with Crippen LogP contribution in [0.1, 0.15) is 32.3 Å². The van der Waals surface area contributed by atoms with Crippen molar-refractivity contribution in [2.45, 2.75) is 33.3 Å². The maximum atomic E-state index is 8.63. The second kappa shape index (κ2) is 7.03. The molecule has 0 aliphatic carbocycles. The molecule has 0 atom stereocenters. The van der Waals surface area contributed by atoms with Gasteiger partial charge in [0, 0.05) is 25.8 Å². The van der Waals surface area contributed by atoms with Gasteiger partial charge in [0.05, 0.1) is 12.7 Å². The van der Waals surface area contributed by atoms with Gasteiger partial charge in [0.2, 0.25) is 0 Å². The second-order valence-corrected chi connectivity index (χ2v) is 5.31. The van der Waals surface area contributed by atoms with Gasteiger partial charge in [-0.2, -0.15) is 5.26 Å². The topological polar surface area (TPSA) is 45.0 Å². The molecule has 0 aromatic heterocycles. The van der Waals surface area contributed by atoms with Gasteiger partial charge in [0.25, 0.3) is 0 Å². The number of nitriles is 1. The van der Waals surface area contributed by atoms with Gasteiger partial charge in [-0.15, -0.1) is 0 Å². The summed E-state index contributed by atoms with van der Waals surface area (Å²) >= 11 is 0. The minimum Gasteiger partial charge on any atom is -0.384 e. The Morgan fingerprint density at radius 1 is 1.39 bits per heavy atom. The predicted molar refractivity (Wildman–Crippen MR) is 74.3 cm³/mol. The summed E-state index contributed by atoms with van der Waals surface area (Å²) in [5, 5.41) is 12.1. The second-order valence-electron chi connectivity index (χ2n) is 5.31. The van der Waals surface area contributed by atoms with Gasteiger partial charge in [0.1, 0.15) is 0 Å². The van der Waals surface area contributed by atoms with Crippen molar-refractivity contribution in [3.05, 3.63) is 29.8 Å². The molecule has 0 aliphatic rings. The Morgan fingerprint density at radius 2 is 2.17 bits per heavy atom. The van der Waals surface area contributed by atoms with Crippen LogP contribution in [0.3, 0.4) is 0 Å². The first kappa shape index (κ1) is 14.5. The Kier molecular flexibility index (Phi) is 5.67. The molecule has 0 bridgehead atoms. The molecule has 3 heteroatoms. The molecule has 1 rings (SSSR count). The number of nitrogens with one attached hydrogen (secondary N) is 1. The number of rotatable bonds is 7. The first-order chi connectivity index (χ1) is 8.57. The van der Waals surface area contributed by atoms with Crippen LogP contribution in [0.5, 0.6) is 0 Å². The van der Waals surface area contributed by atoms with Crippen molar-refractivity contribution in [1.82, 2.24) is 0 Å². The monoisotopic (exact) mass is 246 g/mol. The van der Waals surface area contributed by atoms with Crippen LogP contribution in [0.25, 0.3) is 0 Å². The van der Waals surface area contributed by atoms with E-state index in [0.29, 0.717) is 13.0 Å². The molecule has 0 spiro atoms. The number of hydrogen-bond donors (Lipinski definition) is 1. The van der Waals surface area contributed by atoms with E-state index in [1.54, 1.807) is 7.11 Å². The van der Waals surface area contributed by atoms with Crippen LogP contribution in [0.4, 0.5) is 5.69 Å². The van der Waals surface area contributed by atoms with Gasteiger partial charge in [-0.25, -0.2) is 0 Å². The molecule has 98 valence electrons. The van der Waals surface area contributed by atoms with Gasteiger partial charge in [0.15, 0.2) is 0 Å². The molecule has 3 nitrogen and oxygen atoms in total. The van der Waals surface area contributed by atoms with Crippen LogP contribution in [-0.4, -0.2) is 13.7 Å². The highest BCUT2D eigenvalue weighted by Crippen LogP contribution is 2.23. The summed E-state index contributed by atoms with van der Waals surface area (Å²) in [7, 11) is 1.70.